The Labute approximate surface area is 137 Å². The molecule has 7 heteroatoms. The summed E-state index contributed by atoms with van der Waals surface area (Å²) >= 11 is 5.79. The number of H-pyrrole nitrogens is 1. The Morgan fingerprint density at radius 1 is 1.48 bits per heavy atom. The molecule has 5 nitrogen and oxygen atoms in total. The highest BCUT2D eigenvalue weighted by atomic mass is 35.5. The lowest BCUT2D eigenvalue weighted by Crippen LogP contribution is -2.33. The summed E-state index contributed by atoms with van der Waals surface area (Å²) in [5, 5.41) is 18.6. The quantitative estimate of drug-likeness (QED) is 0.751. The van der Waals surface area contributed by atoms with Crippen molar-refractivity contribution in [2.24, 2.45) is 5.92 Å². The Balaban J connectivity index is 1.79. The fourth-order valence-corrected chi connectivity index (χ4v) is 2.77. The first-order chi connectivity index (χ1) is 11.1. The van der Waals surface area contributed by atoms with E-state index < -0.39 is 5.82 Å². The van der Waals surface area contributed by atoms with Crippen LogP contribution >= 0.6 is 11.6 Å². The molecule has 120 valence electrons. The first kappa shape index (κ1) is 15.7. The SMILES string of the molecule is O=C(N[C@@H]1C=C[C@H](CO)C1)c1cn[nH]c1-c1ccc(F)c(Cl)c1. The van der Waals surface area contributed by atoms with Crippen molar-refractivity contribution in [3.05, 3.63) is 53.0 Å². The van der Waals surface area contributed by atoms with Crippen LogP contribution in [-0.4, -0.2) is 33.9 Å². The van der Waals surface area contributed by atoms with Crippen LogP contribution in [-0.2, 0) is 0 Å². The first-order valence-electron chi connectivity index (χ1n) is 7.17. The molecule has 0 saturated heterocycles. The summed E-state index contributed by atoms with van der Waals surface area (Å²) in [7, 11) is 0. The van der Waals surface area contributed by atoms with E-state index in [0.29, 0.717) is 23.2 Å². The number of nitrogens with zero attached hydrogens (tertiary/aromatic N) is 1. The lowest BCUT2D eigenvalue weighted by Gasteiger charge is -2.13. The predicted octanol–water partition coefficient (Wildman–Crippen LogP) is 2.54. The van der Waals surface area contributed by atoms with E-state index in [1.165, 1.54) is 24.4 Å². The number of carbonyl (C=O) groups excluding carboxylic acids is 1. The topological polar surface area (TPSA) is 78.0 Å². The fourth-order valence-electron chi connectivity index (χ4n) is 2.59. The molecule has 0 unspecified atom stereocenters. The highest BCUT2D eigenvalue weighted by molar-refractivity contribution is 6.31. The number of nitrogens with one attached hydrogen (secondary N) is 2. The van der Waals surface area contributed by atoms with E-state index in [4.69, 9.17) is 16.7 Å². The van der Waals surface area contributed by atoms with E-state index in [2.05, 4.69) is 15.5 Å². The zero-order valence-corrected chi connectivity index (χ0v) is 12.8. The molecule has 0 radical (unpaired) electrons. The number of aliphatic hydroxyl groups excluding tert-OH is 1. The first-order valence-corrected chi connectivity index (χ1v) is 7.55. The van der Waals surface area contributed by atoms with Gasteiger partial charge in [-0.15, -0.1) is 0 Å². The van der Waals surface area contributed by atoms with Gasteiger partial charge in [0.1, 0.15) is 5.82 Å². The highest BCUT2D eigenvalue weighted by Crippen LogP contribution is 2.26. The number of halogens is 2. The van der Waals surface area contributed by atoms with Crippen molar-refractivity contribution in [1.82, 2.24) is 15.5 Å². The molecule has 1 aliphatic carbocycles. The van der Waals surface area contributed by atoms with Crippen LogP contribution in [0.2, 0.25) is 5.02 Å². The minimum absolute atomic E-state index is 0.0204. The molecule has 0 bridgehead atoms. The molecule has 1 amide bonds. The van der Waals surface area contributed by atoms with Gasteiger partial charge in [-0.25, -0.2) is 4.39 Å². The number of aliphatic hydroxyl groups is 1. The molecule has 0 spiro atoms. The van der Waals surface area contributed by atoms with Crippen LogP contribution in [0, 0.1) is 11.7 Å². The highest BCUT2D eigenvalue weighted by Gasteiger charge is 2.22. The predicted molar refractivity (Wildman–Crippen MR) is 84.6 cm³/mol. The van der Waals surface area contributed by atoms with E-state index in [0.717, 1.165) is 0 Å². The summed E-state index contributed by atoms with van der Waals surface area (Å²) < 4.78 is 13.3. The second-order valence-electron chi connectivity index (χ2n) is 5.43. The van der Waals surface area contributed by atoms with Gasteiger partial charge in [-0.1, -0.05) is 23.8 Å². The van der Waals surface area contributed by atoms with Gasteiger partial charge in [0.25, 0.3) is 5.91 Å². The van der Waals surface area contributed by atoms with Gasteiger partial charge in [-0.2, -0.15) is 5.10 Å². The summed E-state index contributed by atoms with van der Waals surface area (Å²) in [6.45, 7) is 0.0634. The second kappa shape index (κ2) is 6.52. The average molecular weight is 336 g/mol. The maximum atomic E-state index is 13.3. The standard InChI is InChI=1S/C16H15ClFN3O2/c17-13-6-10(2-4-14(13)18)15-12(7-19-21-15)16(23)20-11-3-1-9(5-11)8-22/h1-4,6-7,9,11,22H,5,8H2,(H,19,21)(H,20,23)/t9-,11+/m0/s1. The van der Waals surface area contributed by atoms with Gasteiger partial charge in [0.15, 0.2) is 0 Å². The van der Waals surface area contributed by atoms with Crippen molar-refractivity contribution < 1.29 is 14.3 Å². The Hall–Kier alpha value is -2.18. The van der Waals surface area contributed by atoms with Gasteiger partial charge in [0.05, 0.1) is 22.5 Å². The van der Waals surface area contributed by atoms with Gasteiger partial charge in [-0.05, 0) is 24.6 Å². The molecule has 2 atom stereocenters. The van der Waals surface area contributed by atoms with Crippen molar-refractivity contribution in [2.75, 3.05) is 6.61 Å². The maximum Gasteiger partial charge on any atom is 0.255 e. The van der Waals surface area contributed by atoms with Crippen molar-refractivity contribution in [3.8, 4) is 11.3 Å². The maximum absolute atomic E-state index is 13.3. The largest absolute Gasteiger partial charge is 0.396 e. The number of amides is 1. The molecule has 1 aromatic heterocycles. The van der Waals surface area contributed by atoms with Crippen molar-refractivity contribution >= 4 is 17.5 Å². The molecule has 1 aromatic carbocycles. The molecule has 0 saturated carbocycles. The van der Waals surface area contributed by atoms with Crippen LogP contribution in [0.15, 0.2) is 36.5 Å². The van der Waals surface area contributed by atoms with Crippen LogP contribution < -0.4 is 5.32 Å². The molecule has 1 heterocycles. The van der Waals surface area contributed by atoms with Crippen LogP contribution in [0.4, 0.5) is 4.39 Å². The van der Waals surface area contributed by atoms with E-state index in [-0.39, 0.29) is 29.5 Å². The van der Waals surface area contributed by atoms with Gasteiger partial charge < -0.3 is 10.4 Å². The minimum atomic E-state index is -0.521. The van der Waals surface area contributed by atoms with Crippen LogP contribution in [0.1, 0.15) is 16.8 Å². The minimum Gasteiger partial charge on any atom is -0.396 e. The third-order valence-electron chi connectivity index (χ3n) is 3.82. The third kappa shape index (κ3) is 3.28. The normalized spacial score (nSPS) is 20.0. The summed E-state index contributed by atoms with van der Waals surface area (Å²) in [6, 6.07) is 4.09. The monoisotopic (exact) mass is 335 g/mol. The van der Waals surface area contributed by atoms with Crippen LogP contribution in [0.5, 0.6) is 0 Å². The van der Waals surface area contributed by atoms with E-state index in [1.807, 2.05) is 12.2 Å². The Morgan fingerprint density at radius 3 is 3.00 bits per heavy atom. The molecule has 0 aliphatic heterocycles. The van der Waals surface area contributed by atoms with Gasteiger partial charge in [0, 0.05) is 24.1 Å². The summed E-state index contributed by atoms with van der Waals surface area (Å²) in [4.78, 5) is 12.4. The molecule has 0 fully saturated rings. The molecular formula is C16H15ClFN3O2. The average Bonchev–Trinajstić information content (AvgIpc) is 3.18. The van der Waals surface area contributed by atoms with Crippen molar-refractivity contribution in [2.45, 2.75) is 12.5 Å². The summed E-state index contributed by atoms with van der Waals surface area (Å²) in [5.74, 6) is -0.741. The molecule has 23 heavy (non-hydrogen) atoms. The summed E-state index contributed by atoms with van der Waals surface area (Å²) in [5.41, 5.74) is 1.41. The van der Waals surface area contributed by atoms with Gasteiger partial charge >= 0.3 is 0 Å². The van der Waals surface area contributed by atoms with Crippen LogP contribution in [0.3, 0.4) is 0 Å². The molecule has 1 aliphatic rings. The number of benzene rings is 1. The number of aromatic amines is 1. The Kier molecular flexibility index (Phi) is 4.45. The van der Waals surface area contributed by atoms with Crippen molar-refractivity contribution in [3.63, 3.8) is 0 Å². The molecule has 3 rings (SSSR count). The number of aromatic nitrogens is 2. The lowest BCUT2D eigenvalue weighted by molar-refractivity contribution is 0.0942. The molecule has 3 N–H and O–H groups in total. The molecular weight excluding hydrogens is 321 g/mol. The zero-order valence-electron chi connectivity index (χ0n) is 12.1. The Morgan fingerprint density at radius 2 is 2.30 bits per heavy atom. The van der Waals surface area contributed by atoms with E-state index >= 15 is 0 Å². The van der Waals surface area contributed by atoms with Crippen molar-refractivity contribution in [1.29, 1.82) is 0 Å². The van der Waals surface area contributed by atoms with Gasteiger partial charge in [0.2, 0.25) is 0 Å². The van der Waals surface area contributed by atoms with Crippen LogP contribution in [0.25, 0.3) is 11.3 Å². The second-order valence-corrected chi connectivity index (χ2v) is 5.84. The number of hydrogen-bond acceptors (Lipinski definition) is 3. The number of carbonyl (C=O) groups is 1. The number of rotatable bonds is 4. The number of hydrogen-bond donors (Lipinski definition) is 3. The van der Waals surface area contributed by atoms with Gasteiger partial charge in [-0.3, -0.25) is 9.89 Å². The Bertz CT molecular complexity index is 760. The molecule has 2 aromatic rings. The third-order valence-corrected chi connectivity index (χ3v) is 4.11. The van der Waals surface area contributed by atoms with E-state index in [1.54, 1.807) is 0 Å². The summed E-state index contributed by atoms with van der Waals surface area (Å²) in [6.07, 6.45) is 5.84. The van der Waals surface area contributed by atoms with E-state index in [9.17, 15) is 9.18 Å². The zero-order chi connectivity index (χ0) is 16.4. The smallest absolute Gasteiger partial charge is 0.255 e. The lowest BCUT2D eigenvalue weighted by atomic mass is 10.1. The fraction of sp³-hybridized carbons (Fsp3) is 0.250.